The van der Waals surface area contributed by atoms with Gasteiger partial charge in [-0.2, -0.15) is 0 Å². The Balaban J connectivity index is 1.66. The molecule has 0 saturated heterocycles. The number of fused-ring (bicyclic) bond motifs is 2. The lowest BCUT2D eigenvalue weighted by Gasteiger charge is -2.21. The molecular formula is C25H26N2O4. The van der Waals surface area contributed by atoms with Crippen molar-refractivity contribution in [1.29, 1.82) is 0 Å². The molecule has 0 spiro atoms. The van der Waals surface area contributed by atoms with Crippen LogP contribution in [0.2, 0.25) is 0 Å². The molecule has 0 fully saturated rings. The van der Waals surface area contributed by atoms with Crippen molar-refractivity contribution in [1.82, 2.24) is 4.98 Å². The Labute approximate surface area is 181 Å². The van der Waals surface area contributed by atoms with E-state index in [2.05, 4.69) is 10.1 Å². The predicted molar refractivity (Wildman–Crippen MR) is 120 cm³/mol. The molecule has 31 heavy (non-hydrogen) atoms. The van der Waals surface area contributed by atoms with Crippen LogP contribution in [0.5, 0.6) is 5.75 Å². The van der Waals surface area contributed by atoms with Crippen molar-refractivity contribution in [3.8, 4) is 5.75 Å². The summed E-state index contributed by atoms with van der Waals surface area (Å²) < 4.78 is 10.0. The molecule has 1 aliphatic carbocycles. The van der Waals surface area contributed by atoms with Gasteiger partial charge in [0.15, 0.2) is 6.61 Å². The van der Waals surface area contributed by atoms with Crippen molar-refractivity contribution in [3.05, 3.63) is 64.3 Å². The van der Waals surface area contributed by atoms with E-state index in [4.69, 9.17) is 9.72 Å². The van der Waals surface area contributed by atoms with Crippen molar-refractivity contribution in [2.75, 3.05) is 19.0 Å². The average Bonchev–Trinajstić information content (AvgIpc) is 2.77. The lowest BCUT2D eigenvalue weighted by Crippen LogP contribution is -2.19. The van der Waals surface area contributed by atoms with E-state index in [-0.39, 0.29) is 12.5 Å². The molecule has 1 amide bonds. The zero-order chi connectivity index (χ0) is 22.0. The second-order valence-electron chi connectivity index (χ2n) is 7.94. The first-order valence-corrected chi connectivity index (χ1v) is 10.5. The van der Waals surface area contributed by atoms with Gasteiger partial charge in [0.2, 0.25) is 0 Å². The number of ether oxygens (including phenoxy) is 2. The number of anilines is 1. The Kier molecular flexibility index (Phi) is 5.89. The predicted octanol–water partition coefficient (Wildman–Crippen LogP) is 4.53. The van der Waals surface area contributed by atoms with E-state index in [0.29, 0.717) is 11.4 Å². The summed E-state index contributed by atoms with van der Waals surface area (Å²) in [6.45, 7) is 3.76. The Morgan fingerprint density at radius 3 is 2.65 bits per heavy atom. The van der Waals surface area contributed by atoms with Gasteiger partial charge in [-0.25, -0.2) is 4.79 Å². The first kappa shape index (κ1) is 20.8. The number of aryl methyl sites for hydroxylation is 3. The van der Waals surface area contributed by atoms with E-state index in [1.807, 2.05) is 32.0 Å². The molecule has 0 aliphatic heterocycles. The van der Waals surface area contributed by atoms with Crippen LogP contribution in [0.3, 0.4) is 0 Å². The lowest BCUT2D eigenvalue weighted by atomic mass is 9.89. The third kappa shape index (κ3) is 4.38. The highest BCUT2D eigenvalue weighted by Gasteiger charge is 2.23. The number of carbonyl (C=O) groups excluding carboxylic acids is 2. The number of hydrogen-bond acceptors (Lipinski definition) is 5. The van der Waals surface area contributed by atoms with E-state index >= 15 is 0 Å². The van der Waals surface area contributed by atoms with Gasteiger partial charge in [-0.15, -0.1) is 0 Å². The summed E-state index contributed by atoms with van der Waals surface area (Å²) in [5.74, 6) is -0.0228. The summed E-state index contributed by atoms with van der Waals surface area (Å²) in [5.41, 5.74) is 6.35. The molecule has 0 radical (unpaired) electrons. The molecule has 1 aromatic heterocycles. The van der Waals surface area contributed by atoms with Gasteiger partial charge < -0.3 is 14.8 Å². The van der Waals surface area contributed by atoms with Crippen LogP contribution >= 0.6 is 0 Å². The third-order valence-corrected chi connectivity index (χ3v) is 5.67. The molecule has 6 heteroatoms. The number of hydrogen-bond donors (Lipinski definition) is 1. The molecule has 0 saturated carbocycles. The normalized spacial score (nSPS) is 12.9. The number of aromatic nitrogens is 1. The van der Waals surface area contributed by atoms with E-state index in [0.717, 1.165) is 64.5 Å². The summed E-state index contributed by atoms with van der Waals surface area (Å²) in [4.78, 5) is 29.6. The van der Waals surface area contributed by atoms with Gasteiger partial charge in [0.25, 0.3) is 5.91 Å². The Bertz CT molecular complexity index is 1170. The van der Waals surface area contributed by atoms with Crippen LogP contribution in [-0.4, -0.2) is 30.6 Å². The van der Waals surface area contributed by atoms with Crippen LogP contribution in [0.1, 0.15) is 45.6 Å². The minimum absolute atomic E-state index is 0.123. The van der Waals surface area contributed by atoms with E-state index in [1.165, 1.54) is 7.11 Å². The van der Waals surface area contributed by atoms with Crippen LogP contribution < -0.4 is 10.1 Å². The number of amides is 1. The third-order valence-electron chi connectivity index (χ3n) is 5.67. The largest absolute Gasteiger partial charge is 0.482 e. The minimum Gasteiger partial charge on any atom is -0.482 e. The molecule has 4 rings (SSSR count). The number of methoxy groups -OCH3 is 1. The number of nitrogens with one attached hydrogen (secondary N) is 1. The van der Waals surface area contributed by atoms with Crippen LogP contribution in [0.25, 0.3) is 10.9 Å². The molecule has 6 nitrogen and oxygen atoms in total. The fraction of sp³-hybridized carbons (Fsp3) is 0.320. The fourth-order valence-corrected chi connectivity index (χ4v) is 4.05. The van der Waals surface area contributed by atoms with Gasteiger partial charge in [-0.3, -0.25) is 9.78 Å². The number of carbonyl (C=O) groups is 2. The van der Waals surface area contributed by atoms with E-state index in [1.54, 1.807) is 18.2 Å². The molecule has 1 N–H and O–H groups in total. The Morgan fingerprint density at radius 1 is 1.06 bits per heavy atom. The molecule has 1 heterocycles. The van der Waals surface area contributed by atoms with Crippen molar-refractivity contribution in [3.63, 3.8) is 0 Å². The molecule has 160 valence electrons. The fourth-order valence-electron chi connectivity index (χ4n) is 4.05. The monoisotopic (exact) mass is 418 g/mol. The first-order valence-electron chi connectivity index (χ1n) is 10.5. The van der Waals surface area contributed by atoms with Crippen molar-refractivity contribution < 1.29 is 19.1 Å². The highest BCUT2D eigenvalue weighted by molar-refractivity contribution is 6.14. The van der Waals surface area contributed by atoms with Crippen LogP contribution in [0, 0.1) is 13.8 Å². The standard InChI is InChI=1S/C25H26N2O4/c1-15-8-10-22-19(12-15)24(18-6-4-5-7-21(18)26-22)25(29)27-20-11-9-17(13-16(20)2)31-14-23(28)30-3/h8-13H,4-7,14H2,1-3H3,(H,27,29). The number of esters is 1. The summed E-state index contributed by atoms with van der Waals surface area (Å²) in [5, 5.41) is 3.97. The Hall–Kier alpha value is -3.41. The smallest absolute Gasteiger partial charge is 0.343 e. The zero-order valence-electron chi connectivity index (χ0n) is 18.1. The van der Waals surface area contributed by atoms with Gasteiger partial charge in [-0.1, -0.05) is 11.6 Å². The second-order valence-corrected chi connectivity index (χ2v) is 7.94. The van der Waals surface area contributed by atoms with E-state index in [9.17, 15) is 9.59 Å². The topological polar surface area (TPSA) is 77.5 Å². The highest BCUT2D eigenvalue weighted by atomic mass is 16.6. The van der Waals surface area contributed by atoms with Gasteiger partial charge >= 0.3 is 5.97 Å². The molecule has 3 aromatic rings. The minimum atomic E-state index is -0.445. The van der Waals surface area contributed by atoms with Crippen molar-refractivity contribution >= 4 is 28.5 Å². The van der Waals surface area contributed by atoms with Gasteiger partial charge in [-0.05, 0) is 81.0 Å². The van der Waals surface area contributed by atoms with Gasteiger partial charge in [0, 0.05) is 16.8 Å². The van der Waals surface area contributed by atoms with Crippen LogP contribution in [-0.2, 0) is 22.4 Å². The van der Waals surface area contributed by atoms with Gasteiger partial charge in [0.05, 0.1) is 18.2 Å². The van der Waals surface area contributed by atoms with Crippen molar-refractivity contribution in [2.24, 2.45) is 0 Å². The SMILES string of the molecule is COC(=O)COc1ccc(NC(=O)c2c3c(nc4ccc(C)cc24)CCCC3)c(C)c1. The summed E-state index contributed by atoms with van der Waals surface area (Å²) in [6, 6.07) is 11.4. The van der Waals surface area contributed by atoms with E-state index < -0.39 is 5.97 Å². The van der Waals surface area contributed by atoms with Crippen LogP contribution in [0.4, 0.5) is 5.69 Å². The lowest BCUT2D eigenvalue weighted by molar-refractivity contribution is -0.142. The molecule has 1 aliphatic rings. The molecule has 0 unspecified atom stereocenters. The number of rotatable bonds is 5. The Morgan fingerprint density at radius 2 is 1.87 bits per heavy atom. The zero-order valence-corrected chi connectivity index (χ0v) is 18.1. The van der Waals surface area contributed by atoms with Crippen molar-refractivity contribution in [2.45, 2.75) is 39.5 Å². The highest BCUT2D eigenvalue weighted by Crippen LogP contribution is 2.31. The molecular weight excluding hydrogens is 392 g/mol. The second kappa shape index (κ2) is 8.76. The summed E-state index contributed by atoms with van der Waals surface area (Å²) >= 11 is 0. The number of benzene rings is 2. The average molecular weight is 418 g/mol. The summed E-state index contributed by atoms with van der Waals surface area (Å²) in [6.07, 6.45) is 3.95. The quantitative estimate of drug-likeness (QED) is 0.616. The maximum atomic E-state index is 13.5. The van der Waals surface area contributed by atoms with Crippen LogP contribution in [0.15, 0.2) is 36.4 Å². The number of nitrogens with zero attached hydrogens (tertiary/aromatic N) is 1. The number of pyridine rings is 1. The molecule has 0 atom stereocenters. The maximum Gasteiger partial charge on any atom is 0.343 e. The first-order chi connectivity index (χ1) is 15.0. The molecule has 0 bridgehead atoms. The summed E-state index contributed by atoms with van der Waals surface area (Å²) in [7, 11) is 1.32. The molecule has 2 aromatic carbocycles. The maximum absolute atomic E-state index is 13.5. The van der Waals surface area contributed by atoms with Gasteiger partial charge in [0.1, 0.15) is 5.75 Å².